The number of aromatic nitrogens is 2. The summed E-state index contributed by atoms with van der Waals surface area (Å²) in [6, 6.07) is 3.11. The molecule has 0 fully saturated rings. The molecule has 0 saturated carbocycles. The molecule has 0 spiro atoms. The van der Waals surface area contributed by atoms with Gasteiger partial charge < -0.3 is 14.6 Å². The summed E-state index contributed by atoms with van der Waals surface area (Å²) in [6.45, 7) is 0. The fraction of sp³-hybridized carbons (Fsp3) is 0.200. The van der Waals surface area contributed by atoms with E-state index in [1.807, 2.05) is 0 Å². The summed E-state index contributed by atoms with van der Waals surface area (Å²) in [5.41, 5.74) is 0.512. The van der Waals surface area contributed by atoms with Crippen LogP contribution < -0.4 is 9.47 Å². The van der Waals surface area contributed by atoms with Gasteiger partial charge in [-0.05, 0) is 6.07 Å². The molecule has 0 bridgehead atoms. The van der Waals surface area contributed by atoms with Gasteiger partial charge in [-0.15, -0.1) is 0 Å². The highest BCUT2D eigenvalue weighted by atomic mass is 16.5. The molecule has 0 aliphatic heterocycles. The molecule has 2 aromatic heterocycles. The van der Waals surface area contributed by atoms with Gasteiger partial charge in [0.05, 0.1) is 19.6 Å². The molecule has 5 heteroatoms. The van der Waals surface area contributed by atoms with E-state index in [1.54, 1.807) is 6.07 Å². The maximum atomic E-state index is 9.63. The summed E-state index contributed by atoms with van der Waals surface area (Å²) in [4.78, 5) is 8.15. The van der Waals surface area contributed by atoms with Crippen LogP contribution in [-0.2, 0) is 0 Å². The van der Waals surface area contributed by atoms with Crippen LogP contribution in [0.2, 0.25) is 0 Å². The van der Waals surface area contributed by atoms with Crippen LogP contribution in [0.25, 0.3) is 10.9 Å². The first-order valence-electron chi connectivity index (χ1n) is 4.33. The van der Waals surface area contributed by atoms with E-state index in [0.717, 1.165) is 0 Å². The second-order valence-electron chi connectivity index (χ2n) is 2.90. The summed E-state index contributed by atoms with van der Waals surface area (Å²) in [6.07, 6.45) is 1.49. The topological polar surface area (TPSA) is 64.5 Å². The standard InChI is InChI=1S/C10H10N2O3/c1-14-8-5-6-7(13)3-4-11-9(6)10(12-8)15-2/h3-5H,1-2H3,(H,11,13). The molecular formula is C10H10N2O3. The Hall–Kier alpha value is -2.04. The molecule has 0 aliphatic rings. The third-order valence-electron chi connectivity index (χ3n) is 2.05. The lowest BCUT2D eigenvalue weighted by Crippen LogP contribution is -1.94. The quantitative estimate of drug-likeness (QED) is 0.803. The molecule has 0 atom stereocenters. The molecule has 0 aliphatic carbocycles. The maximum Gasteiger partial charge on any atom is 0.243 e. The van der Waals surface area contributed by atoms with Crippen molar-refractivity contribution < 1.29 is 14.6 Å². The fourth-order valence-electron chi connectivity index (χ4n) is 1.33. The van der Waals surface area contributed by atoms with Crippen molar-refractivity contribution in [1.29, 1.82) is 0 Å². The summed E-state index contributed by atoms with van der Waals surface area (Å²) in [7, 11) is 2.99. The molecule has 0 aromatic carbocycles. The molecule has 0 radical (unpaired) electrons. The van der Waals surface area contributed by atoms with Gasteiger partial charge in [0, 0.05) is 12.3 Å². The van der Waals surface area contributed by atoms with Gasteiger partial charge in [0.1, 0.15) is 11.3 Å². The van der Waals surface area contributed by atoms with E-state index in [4.69, 9.17) is 9.47 Å². The van der Waals surface area contributed by atoms with Crippen molar-refractivity contribution in [2.45, 2.75) is 0 Å². The zero-order valence-electron chi connectivity index (χ0n) is 8.39. The molecule has 2 heterocycles. The Labute approximate surface area is 86.3 Å². The van der Waals surface area contributed by atoms with Crippen LogP contribution in [0.3, 0.4) is 0 Å². The largest absolute Gasteiger partial charge is 0.507 e. The van der Waals surface area contributed by atoms with E-state index in [2.05, 4.69) is 9.97 Å². The van der Waals surface area contributed by atoms with Crippen molar-refractivity contribution in [2.24, 2.45) is 0 Å². The highest BCUT2D eigenvalue weighted by Crippen LogP contribution is 2.30. The van der Waals surface area contributed by atoms with Crippen LogP contribution in [0.4, 0.5) is 0 Å². The van der Waals surface area contributed by atoms with Crippen molar-refractivity contribution in [3.05, 3.63) is 18.3 Å². The number of rotatable bonds is 2. The Morgan fingerprint density at radius 3 is 2.73 bits per heavy atom. The van der Waals surface area contributed by atoms with E-state index >= 15 is 0 Å². The first-order valence-corrected chi connectivity index (χ1v) is 4.33. The molecule has 0 unspecified atom stereocenters. The van der Waals surface area contributed by atoms with E-state index in [1.165, 1.54) is 26.5 Å². The monoisotopic (exact) mass is 206 g/mol. The molecule has 0 saturated heterocycles. The highest BCUT2D eigenvalue weighted by Gasteiger charge is 2.10. The first-order chi connectivity index (χ1) is 7.26. The average molecular weight is 206 g/mol. The Morgan fingerprint density at radius 1 is 1.27 bits per heavy atom. The number of hydrogen-bond acceptors (Lipinski definition) is 5. The molecule has 0 amide bonds. The molecule has 5 nitrogen and oxygen atoms in total. The Balaban J connectivity index is 2.80. The number of fused-ring (bicyclic) bond motifs is 1. The van der Waals surface area contributed by atoms with Gasteiger partial charge in [-0.2, -0.15) is 4.98 Å². The van der Waals surface area contributed by atoms with Crippen LogP contribution in [0, 0.1) is 0 Å². The van der Waals surface area contributed by atoms with Gasteiger partial charge in [-0.25, -0.2) is 0 Å². The number of nitrogens with zero attached hydrogens (tertiary/aromatic N) is 2. The maximum absolute atomic E-state index is 9.63. The van der Waals surface area contributed by atoms with Gasteiger partial charge in [0.25, 0.3) is 0 Å². The predicted octanol–water partition coefficient (Wildman–Crippen LogP) is 1.35. The van der Waals surface area contributed by atoms with E-state index in [0.29, 0.717) is 22.7 Å². The van der Waals surface area contributed by atoms with Crippen LogP contribution in [-0.4, -0.2) is 29.3 Å². The second kappa shape index (κ2) is 3.61. The minimum atomic E-state index is 0.124. The smallest absolute Gasteiger partial charge is 0.243 e. The first kappa shape index (κ1) is 9.51. The number of ether oxygens (including phenoxy) is 2. The summed E-state index contributed by atoms with van der Waals surface area (Å²) >= 11 is 0. The third kappa shape index (κ3) is 1.52. The summed E-state index contributed by atoms with van der Waals surface area (Å²) in [5, 5.41) is 10.2. The summed E-state index contributed by atoms with van der Waals surface area (Å²) in [5.74, 6) is 0.835. The SMILES string of the molecule is COc1cc2c(O)ccnc2c(OC)n1. The van der Waals surface area contributed by atoms with Crippen molar-refractivity contribution in [3.8, 4) is 17.5 Å². The van der Waals surface area contributed by atoms with Gasteiger partial charge >= 0.3 is 0 Å². The van der Waals surface area contributed by atoms with Crippen molar-refractivity contribution in [2.75, 3.05) is 14.2 Å². The van der Waals surface area contributed by atoms with Gasteiger partial charge in [0.2, 0.25) is 11.8 Å². The highest BCUT2D eigenvalue weighted by molar-refractivity contribution is 5.88. The summed E-state index contributed by atoms with van der Waals surface area (Å²) < 4.78 is 10.1. The minimum Gasteiger partial charge on any atom is -0.507 e. The molecule has 2 rings (SSSR count). The molecule has 15 heavy (non-hydrogen) atoms. The molecule has 1 N–H and O–H groups in total. The lowest BCUT2D eigenvalue weighted by atomic mass is 10.2. The van der Waals surface area contributed by atoms with Gasteiger partial charge in [-0.3, -0.25) is 4.98 Å². The Kier molecular flexibility index (Phi) is 2.29. The van der Waals surface area contributed by atoms with Gasteiger partial charge in [0.15, 0.2) is 0 Å². The zero-order chi connectivity index (χ0) is 10.8. The molecular weight excluding hydrogens is 196 g/mol. The minimum absolute atomic E-state index is 0.124. The van der Waals surface area contributed by atoms with Crippen molar-refractivity contribution >= 4 is 10.9 Å². The van der Waals surface area contributed by atoms with Crippen LogP contribution >= 0.6 is 0 Å². The molecule has 78 valence electrons. The lowest BCUT2D eigenvalue weighted by molar-refractivity contribution is 0.367. The Morgan fingerprint density at radius 2 is 2.07 bits per heavy atom. The third-order valence-corrected chi connectivity index (χ3v) is 2.05. The van der Waals surface area contributed by atoms with Crippen molar-refractivity contribution in [1.82, 2.24) is 9.97 Å². The zero-order valence-corrected chi connectivity index (χ0v) is 8.39. The predicted molar refractivity (Wildman–Crippen MR) is 54.3 cm³/mol. The van der Waals surface area contributed by atoms with E-state index in [9.17, 15) is 5.11 Å². The van der Waals surface area contributed by atoms with Crippen LogP contribution in [0.5, 0.6) is 17.5 Å². The van der Waals surface area contributed by atoms with Crippen LogP contribution in [0.15, 0.2) is 18.3 Å². The van der Waals surface area contributed by atoms with E-state index < -0.39 is 0 Å². The van der Waals surface area contributed by atoms with E-state index in [-0.39, 0.29) is 5.75 Å². The van der Waals surface area contributed by atoms with Crippen LogP contribution in [0.1, 0.15) is 0 Å². The normalized spacial score (nSPS) is 10.3. The molecule has 2 aromatic rings. The fourth-order valence-corrected chi connectivity index (χ4v) is 1.33. The second-order valence-corrected chi connectivity index (χ2v) is 2.90. The number of methoxy groups -OCH3 is 2. The number of aromatic hydroxyl groups is 1. The van der Waals surface area contributed by atoms with Crippen molar-refractivity contribution in [3.63, 3.8) is 0 Å². The Bertz CT molecular complexity index is 499. The van der Waals surface area contributed by atoms with Gasteiger partial charge in [-0.1, -0.05) is 0 Å². The number of pyridine rings is 2. The lowest BCUT2D eigenvalue weighted by Gasteiger charge is -2.07. The average Bonchev–Trinajstić information content (AvgIpc) is 2.28. The number of hydrogen-bond donors (Lipinski definition) is 1.